The van der Waals surface area contributed by atoms with E-state index in [1.165, 1.54) is 6.07 Å². The van der Waals surface area contributed by atoms with Crippen LogP contribution in [0.1, 0.15) is 24.0 Å². The van der Waals surface area contributed by atoms with E-state index < -0.39 is 0 Å². The molecule has 3 rings (SSSR count). The second-order valence-electron chi connectivity index (χ2n) is 6.55. The second kappa shape index (κ2) is 9.16. The molecule has 2 N–H and O–H groups in total. The first-order valence-corrected chi connectivity index (χ1v) is 9.24. The van der Waals surface area contributed by atoms with Gasteiger partial charge in [-0.2, -0.15) is 0 Å². The zero-order valence-electron chi connectivity index (χ0n) is 15.5. The van der Waals surface area contributed by atoms with Crippen LogP contribution in [0, 0.1) is 5.82 Å². The summed E-state index contributed by atoms with van der Waals surface area (Å²) in [6.07, 6.45) is 2.29. The molecule has 0 aromatic heterocycles. The molecule has 0 aliphatic carbocycles. The molecule has 27 heavy (non-hydrogen) atoms. The molecule has 1 saturated heterocycles. The lowest BCUT2D eigenvalue weighted by Gasteiger charge is -2.16. The van der Waals surface area contributed by atoms with Gasteiger partial charge < -0.3 is 15.5 Å². The van der Waals surface area contributed by atoms with Crippen LogP contribution in [-0.4, -0.2) is 32.0 Å². The number of amides is 1. The Morgan fingerprint density at radius 1 is 1.15 bits per heavy atom. The van der Waals surface area contributed by atoms with Crippen LogP contribution in [0.4, 0.5) is 10.1 Å². The van der Waals surface area contributed by atoms with Gasteiger partial charge in [-0.05, 0) is 48.2 Å². The first kappa shape index (κ1) is 18.9. The molecule has 1 heterocycles. The summed E-state index contributed by atoms with van der Waals surface area (Å²) in [5.41, 5.74) is 3.02. The van der Waals surface area contributed by atoms with Gasteiger partial charge in [0.15, 0.2) is 5.96 Å². The Labute approximate surface area is 159 Å². The summed E-state index contributed by atoms with van der Waals surface area (Å²) >= 11 is 0. The number of anilines is 1. The van der Waals surface area contributed by atoms with Crippen molar-refractivity contribution in [3.05, 3.63) is 65.5 Å². The van der Waals surface area contributed by atoms with Gasteiger partial charge in [0.25, 0.3) is 0 Å². The van der Waals surface area contributed by atoms with Crippen molar-refractivity contribution in [2.75, 3.05) is 25.0 Å². The van der Waals surface area contributed by atoms with Crippen LogP contribution >= 0.6 is 0 Å². The van der Waals surface area contributed by atoms with Crippen molar-refractivity contribution in [2.45, 2.75) is 25.8 Å². The van der Waals surface area contributed by atoms with Crippen molar-refractivity contribution < 1.29 is 9.18 Å². The van der Waals surface area contributed by atoms with Gasteiger partial charge in [0.2, 0.25) is 5.91 Å². The SMILES string of the molecule is CN=C(NCCc1cccc(F)c1)NCc1ccc(N2CCCC2=O)cc1. The smallest absolute Gasteiger partial charge is 0.227 e. The first-order valence-electron chi connectivity index (χ1n) is 9.24. The maximum Gasteiger partial charge on any atom is 0.227 e. The Morgan fingerprint density at radius 3 is 2.63 bits per heavy atom. The zero-order valence-corrected chi connectivity index (χ0v) is 15.5. The topological polar surface area (TPSA) is 56.7 Å². The van der Waals surface area contributed by atoms with Gasteiger partial charge in [0.05, 0.1) is 0 Å². The zero-order chi connectivity index (χ0) is 19.1. The summed E-state index contributed by atoms with van der Waals surface area (Å²) in [5, 5.41) is 6.50. The van der Waals surface area contributed by atoms with Crippen LogP contribution in [0.3, 0.4) is 0 Å². The summed E-state index contributed by atoms with van der Waals surface area (Å²) in [5.74, 6) is 0.683. The van der Waals surface area contributed by atoms with Crippen LogP contribution < -0.4 is 15.5 Å². The molecular formula is C21H25FN4O. The number of benzene rings is 2. The summed E-state index contributed by atoms with van der Waals surface area (Å²) in [4.78, 5) is 17.9. The quantitative estimate of drug-likeness (QED) is 0.609. The van der Waals surface area contributed by atoms with Crippen molar-refractivity contribution >= 4 is 17.6 Å². The minimum Gasteiger partial charge on any atom is -0.356 e. The fraction of sp³-hybridized carbons (Fsp3) is 0.333. The minimum absolute atomic E-state index is 0.198. The number of nitrogens with zero attached hydrogens (tertiary/aromatic N) is 2. The minimum atomic E-state index is -0.214. The number of halogens is 1. The average Bonchev–Trinajstić information content (AvgIpc) is 3.11. The Hall–Kier alpha value is -2.89. The molecule has 5 nitrogen and oxygen atoms in total. The van der Waals surface area contributed by atoms with Crippen molar-refractivity contribution in [1.29, 1.82) is 0 Å². The van der Waals surface area contributed by atoms with E-state index in [4.69, 9.17) is 0 Å². The summed E-state index contributed by atoms with van der Waals surface area (Å²) in [6, 6.07) is 14.6. The van der Waals surface area contributed by atoms with Crippen LogP contribution in [0.15, 0.2) is 53.5 Å². The highest BCUT2D eigenvalue weighted by molar-refractivity contribution is 5.95. The molecule has 1 aliphatic rings. The van der Waals surface area contributed by atoms with E-state index >= 15 is 0 Å². The Balaban J connectivity index is 1.45. The number of hydrogen-bond donors (Lipinski definition) is 2. The van der Waals surface area contributed by atoms with Crippen molar-refractivity contribution in [3.63, 3.8) is 0 Å². The lowest BCUT2D eigenvalue weighted by Crippen LogP contribution is -2.37. The van der Waals surface area contributed by atoms with Crippen molar-refractivity contribution in [3.8, 4) is 0 Å². The lowest BCUT2D eigenvalue weighted by atomic mass is 10.1. The Kier molecular flexibility index (Phi) is 6.41. The average molecular weight is 368 g/mol. The molecule has 0 spiro atoms. The van der Waals surface area contributed by atoms with Gasteiger partial charge >= 0.3 is 0 Å². The van der Waals surface area contributed by atoms with E-state index in [2.05, 4.69) is 15.6 Å². The first-order chi connectivity index (χ1) is 13.2. The number of carbonyl (C=O) groups excluding carboxylic acids is 1. The Bertz CT molecular complexity index is 804. The third-order valence-corrected chi connectivity index (χ3v) is 4.60. The molecule has 1 aliphatic heterocycles. The normalized spacial score (nSPS) is 14.5. The summed E-state index contributed by atoms with van der Waals surface area (Å²) in [7, 11) is 1.72. The summed E-state index contributed by atoms with van der Waals surface area (Å²) < 4.78 is 13.2. The lowest BCUT2D eigenvalue weighted by molar-refractivity contribution is -0.117. The van der Waals surface area contributed by atoms with Gasteiger partial charge in [0.1, 0.15) is 5.82 Å². The fourth-order valence-electron chi connectivity index (χ4n) is 3.14. The predicted octanol–water partition coefficient (Wildman–Crippen LogP) is 2.86. The molecule has 0 unspecified atom stereocenters. The van der Waals surface area contributed by atoms with Gasteiger partial charge in [-0.25, -0.2) is 4.39 Å². The monoisotopic (exact) mass is 368 g/mol. The molecular weight excluding hydrogens is 343 g/mol. The predicted molar refractivity (Wildman–Crippen MR) is 106 cm³/mol. The molecule has 2 aromatic rings. The number of rotatable bonds is 6. The Morgan fingerprint density at radius 2 is 1.96 bits per heavy atom. The van der Waals surface area contributed by atoms with E-state index in [1.807, 2.05) is 35.2 Å². The highest BCUT2D eigenvalue weighted by Crippen LogP contribution is 2.21. The van der Waals surface area contributed by atoms with Gasteiger partial charge in [-0.3, -0.25) is 9.79 Å². The van der Waals surface area contributed by atoms with Crippen LogP contribution in [0.5, 0.6) is 0 Å². The summed E-state index contributed by atoms with van der Waals surface area (Å²) in [6.45, 7) is 2.10. The van der Waals surface area contributed by atoms with Gasteiger partial charge in [-0.15, -0.1) is 0 Å². The van der Waals surface area contributed by atoms with Crippen LogP contribution in [0.2, 0.25) is 0 Å². The van der Waals surface area contributed by atoms with Crippen LogP contribution in [0.25, 0.3) is 0 Å². The molecule has 142 valence electrons. The van der Waals surface area contributed by atoms with Crippen molar-refractivity contribution in [2.24, 2.45) is 4.99 Å². The molecule has 0 radical (unpaired) electrons. The van der Waals surface area contributed by atoms with E-state index in [0.717, 1.165) is 36.2 Å². The van der Waals surface area contributed by atoms with Gasteiger partial charge in [-0.1, -0.05) is 24.3 Å². The molecule has 2 aromatic carbocycles. The highest BCUT2D eigenvalue weighted by Gasteiger charge is 2.21. The van der Waals surface area contributed by atoms with E-state index in [0.29, 0.717) is 25.5 Å². The van der Waals surface area contributed by atoms with E-state index in [9.17, 15) is 9.18 Å². The molecule has 0 saturated carbocycles. The van der Waals surface area contributed by atoms with Crippen molar-refractivity contribution in [1.82, 2.24) is 10.6 Å². The molecule has 6 heteroatoms. The number of aliphatic imine (C=N–C) groups is 1. The maximum absolute atomic E-state index is 13.2. The third kappa shape index (κ3) is 5.29. The second-order valence-corrected chi connectivity index (χ2v) is 6.55. The van der Waals surface area contributed by atoms with E-state index in [-0.39, 0.29) is 11.7 Å². The van der Waals surface area contributed by atoms with E-state index in [1.54, 1.807) is 19.2 Å². The standard InChI is InChI=1S/C21H25FN4O/c1-23-21(24-12-11-16-4-2-5-18(22)14-16)25-15-17-7-9-19(10-8-17)26-13-3-6-20(26)27/h2,4-5,7-10,14H,3,6,11-13,15H2,1H3,(H2,23,24,25). The number of guanidine groups is 1. The van der Waals surface area contributed by atoms with Crippen LogP contribution in [-0.2, 0) is 17.8 Å². The maximum atomic E-state index is 13.2. The molecule has 0 atom stereocenters. The number of nitrogens with one attached hydrogen (secondary N) is 2. The third-order valence-electron chi connectivity index (χ3n) is 4.60. The number of hydrogen-bond acceptors (Lipinski definition) is 2. The largest absolute Gasteiger partial charge is 0.356 e. The fourth-order valence-corrected chi connectivity index (χ4v) is 3.14. The molecule has 1 fully saturated rings. The number of carbonyl (C=O) groups is 1. The molecule has 1 amide bonds. The van der Waals surface area contributed by atoms with Gasteiger partial charge in [0, 0.05) is 38.8 Å². The highest BCUT2D eigenvalue weighted by atomic mass is 19.1. The molecule has 0 bridgehead atoms.